The smallest absolute Gasteiger partial charge is 0.331 e. The van der Waals surface area contributed by atoms with Gasteiger partial charge in [0, 0.05) is 24.4 Å². The van der Waals surface area contributed by atoms with Gasteiger partial charge in [0.05, 0.1) is 31.7 Å². The number of hydrogen-bond donors (Lipinski definition) is 2. The van der Waals surface area contributed by atoms with Gasteiger partial charge in [-0.3, -0.25) is 9.48 Å². The van der Waals surface area contributed by atoms with Gasteiger partial charge in [-0.15, -0.1) is 0 Å². The Kier molecular flexibility index (Phi) is 6.65. The Labute approximate surface area is 155 Å². The van der Waals surface area contributed by atoms with Gasteiger partial charge < -0.3 is 19.9 Å². The predicted octanol–water partition coefficient (Wildman–Crippen LogP) is 2.26. The number of aliphatic carboxylic acids is 1. The average molecular weight is 379 g/mol. The van der Waals surface area contributed by atoms with Crippen molar-refractivity contribution in [3.8, 4) is 0 Å². The summed E-state index contributed by atoms with van der Waals surface area (Å²) < 4.78 is 25.3. The summed E-state index contributed by atoms with van der Waals surface area (Å²) in [5.74, 6) is -2.00. The average Bonchev–Trinajstić information content (AvgIpc) is 3.09. The number of carbonyl (C=O) groups is 2. The topological polar surface area (TPSA) is 103 Å². The summed E-state index contributed by atoms with van der Waals surface area (Å²) in [5.41, 5.74) is -0.434. The zero-order valence-electron chi connectivity index (χ0n) is 15.4. The lowest BCUT2D eigenvalue weighted by molar-refractivity contribution is -0.146. The second kappa shape index (κ2) is 8.74. The lowest BCUT2D eigenvalue weighted by Gasteiger charge is -2.19. The second-order valence-electron chi connectivity index (χ2n) is 6.34. The van der Waals surface area contributed by atoms with E-state index >= 15 is 0 Å². The highest BCUT2D eigenvalue weighted by Crippen LogP contribution is 2.18. The third-order valence-corrected chi connectivity index (χ3v) is 3.93. The van der Waals surface area contributed by atoms with Crippen LogP contribution >= 0.6 is 0 Å². The fourth-order valence-electron chi connectivity index (χ4n) is 2.15. The third kappa shape index (κ3) is 5.11. The van der Waals surface area contributed by atoms with Crippen molar-refractivity contribution in [2.75, 3.05) is 25.6 Å². The molecule has 0 saturated heterocycles. The minimum atomic E-state index is -1.26. The molecular weight excluding hydrogens is 357 g/mol. The van der Waals surface area contributed by atoms with Crippen LogP contribution in [0.15, 0.2) is 30.6 Å². The fraction of sp³-hybridized carbons (Fsp3) is 0.389. The molecule has 0 spiro atoms. The van der Waals surface area contributed by atoms with E-state index in [4.69, 9.17) is 9.47 Å². The summed E-state index contributed by atoms with van der Waals surface area (Å²) in [4.78, 5) is 23.7. The minimum Gasteiger partial charge on any atom is -0.479 e. The summed E-state index contributed by atoms with van der Waals surface area (Å²) in [6.45, 7) is 3.69. The normalized spacial score (nSPS) is 11.4. The second-order valence-corrected chi connectivity index (χ2v) is 6.34. The van der Waals surface area contributed by atoms with Crippen molar-refractivity contribution in [3.63, 3.8) is 0 Å². The SMILES string of the molecule is COCCOCc1cc(C(=O)Nc2cnn(C(C)(C)C(=O)O)c2)ccc1F. The molecule has 0 bridgehead atoms. The largest absolute Gasteiger partial charge is 0.479 e. The molecule has 2 aromatic rings. The maximum absolute atomic E-state index is 13.9. The van der Waals surface area contributed by atoms with Crippen molar-refractivity contribution < 1.29 is 28.6 Å². The van der Waals surface area contributed by atoms with Gasteiger partial charge in [0.2, 0.25) is 0 Å². The molecule has 0 saturated carbocycles. The van der Waals surface area contributed by atoms with Crippen molar-refractivity contribution in [2.45, 2.75) is 26.0 Å². The number of carboxylic acid groups (broad SMARTS) is 1. The molecule has 0 atom stereocenters. The summed E-state index contributed by atoms with van der Waals surface area (Å²) in [7, 11) is 1.54. The number of amides is 1. The maximum Gasteiger partial charge on any atom is 0.331 e. The first-order chi connectivity index (χ1) is 12.8. The van der Waals surface area contributed by atoms with Crippen molar-refractivity contribution in [1.82, 2.24) is 9.78 Å². The van der Waals surface area contributed by atoms with Crippen LogP contribution in [0.3, 0.4) is 0 Å². The van der Waals surface area contributed by atoms with E-state index < -0.39 is 23.2 Å². The van der Waals surface area contributed by atoms with E-state index in [2.05, 4.69) is 10.4 Å². The van der Waals surface area contributed by atoms with E-state index in [1.54, 1.807) is 0 Å². The van der Waals surface area contributed by atoms with Crippen LogP contribution in [-0.2, 0) is 26.4 Å². The number of carboxylic acids is 1. The molecule has 2 rings (SSSR count). The number of ether oxygens (including phenoxy) is 2. The molecule has 1 aromatic heterocycles. The lowest BCUT2D eigenvalue weighted by atomic mass is 10.1. The Bertz CT molecular complexity index is 819. The molecule has 27 heavy (non-hydrogen) atoms. The zero-order valence-corrected chi connectivity index (χ0v) is 15.4. The fourth-order valence-corrected chi connectivity index (χ4v) is 2.15. The number of carbonyl (C=O) groups excluding carboxylic acids is 1. The van der Waals surface area contributed by atoms with Gasteiger partial charge in [0.25, 0.3) is 5.91 Å². The predicted molar refractivity (Wildman–Crippen MR) is 95.1 cm³/mol. The van der Waals surface area contributed by atoms with Crippen molar-refractivity contribution in [2.24, 2.45) is 0 Å². The number of hydrogen-bond acceptors (Lipinski definition) is 5. The monoisotopic (exact) mass is 379 g/mol. The number of anilines is 1. The van der Waals surface area contributed by atoms with Crippen molar-refractivity contribution in [3.05, 3.63) is 47.5 Å². The zero-order chi connectivity index (χ0) is 20.0. The van der Waals surface area contributed by atoms with Gasteiger partial charge in [0.1, 0.15) is 5.82 Å². The third-order valence-electron chi connectivity index (χ3n) is 3.93. The number of aromatic nitrogens is 2. The van der Waals surface area contributed by atoms with E-state index in [0.717, 1.165) is 0 Å². The Morgan fingerprint density at radius 1 is 1.33 bits per heavy atom. The van der Waals surface area contributed by atoms with Crippen LogP contribution in [0.5, 0.6) is 0 Å². The summed E-state index contributed by atoms with van der Waals surface area (Å²) in [6, 6.07) is 3.96. The Morgan fingerprint density at radius 2 is 2.07 bits per heavy atom. The van der Waals surface area contributed by atoms with Gasteiger partial charge in [-0.2, -0.15) is 5.10 Å². The first kappa shape index (κ1) is 20.5. The molecule has 1 aromatic carbocycles. The first-order valence-electron chi connectivity index (χ1n) is 8.20. The molecule has 9 heteroatoms. The van der Waals surface area contributed by atoms with Crippen LogP contribution in [0.2, 0.25) is 0 Å². The van der Waals surface area contributed by atoms with E-state index in [0.29, 0.717) is 18.9 Å². The molecule has 1 amide bonds. The highest BCUT2D eigenvalue weighted by molar-refractivity contribution is 6.04. The Balaban J connectivity index is 2.08. The molecule has 0 aliphatic carbocycles. The molecule has 146 valence electrons. The molecule has 0 aliphatic heterocycles. The molecule has 1 heterocycles. The first-order valence-corrected chi connectivity index (χ1v) is 8.20. The van der Waals surface area contributed by atoms with E-state index in [9.17, 15) is 19.1 Å². The van der Waals surface area contributed by atoms with Crippen LogP contribution < -0.4 is 5.32 Å². The Morgan fingerprint density at radius 3 is 2.74 bits per heavy atom. The van der Waals surface area contributed by atoms with Gasteiger partial charge in [-0.05, 0) is 32.0 Å². The molecular formula is C18H22FN3O5. The van der Waals surface area contributed by atoms with E-state index in [-0.39, 0.29) is 17.7 Å². The van der Waals surface area contributed by atoms with E-state index in [1.807, 2.05) is 0 Å². The highest BCUT2D eigenvalue weighted by atomic mass is 19.1. The highest BCUT2D eigenvalue weighted by Gasteiger charge is 2.30. The molecule has 0 fully saturated rings. The minimum absolute atomic E-state index is 0.0149. The van der Waals surface area contributed by atoms with Crippen molar-refractivity contribution >= 4 is 17.6 Å². The summed E-state index contributed by atoms with van der Waals surface area (Å²) >= 11 is 0. The van der Waals surface area contributed by atoms with Gasteiger partial charge in [-0.1, -0.05) is 0 Å². The molecule has 2 N–H and O–H groups in total. The van der Waals surface area contributed by atoms with Gasteiger partial charge >= 0.3 is 5.97 Å². The van der Waals surface area contributed by atoms with Crippen LogP contribution in [0.4, 0.5) is 10.1 Å². The standard InChI is InChI=1S/C18H22FN3O5/c1-18(2,17(24)25)22-10-14(9-20-22)21-16(23)12-4-5-15(19)13(8-12)11-27-7-6-26-3/h4-5,8-10H,6-7,11H2,1-3H3,(H,21,23)(H,24,25). The van der Waals surface area contributed by atoms with Crippen molar-refractivity contribution in [1.29, 1.82) is 0 Å². The van der Waals surface area contributed by atoms with Crippen LogP contribution in [0.25, 0.3) is 0 Å². The number of halogens is 1. The molecule has 0 radical (unpaired) electrons. The van der Waals surface area contributed by atoms with Crippen LogP contribution in [-0.4, -0.2) is 47.1 Å². The number of nitrogens with one attached hydrogen (secondary N) is 1. The number of benzene rings is 1. The Hall–Kier alpha value is -2.78. The van der Waals surface area contributed by atoms with E-state index in [1.165, 1.54) is 56.2 Å². The molecule has 8 nitrogen and oxygen atoms in total. The molecule has 0 aliphatic rings. The maximum atomic E-state index is 13.9. The van der Waals surface area contributed by atoms with Crippen LogP contribution in [0, 0.1) is 5.82 Å². The summed E-state index contributed by atoms with van der Waals surface area (Å²) in [6.07, 6.45) is 2.77. The number of nitrogens with zero attached hydrogens (tertiary/aromatic N) is 2. The quantitative estimate of drug-likeness (QED) is 0.648. The number of rotatable bonds is 9. The van der Waals surface area contributed by atoms with Gasteiger partial charge in [-0.25, -0.2) is 9.18 Å². The number of methoxy groups -OCH3 is 1. The van der Waals surface area contributed by atoms with Gasteiger partial charge in [0.15, 0.2) is 5.54 Å². The van der Waals surface area contributed by atoms with Crippen LogP contribution in [0.1, 0.15) is 29.8 Å². The summed E-state index contributed by atoms with van der Waals surface area (Å²) in [5, 5.41) is 15.8. The lowest BCUT2D eigenvalue weighted by Crippen LogP contribution is -2.35. The molecule has 0 unspecified atom stereocenters.